The van der Waals surface area contributed by atoms with Crippen molar-refractivity contribution >= 4 is 20.0 Å². The Morgan fingerprint density at radius 1 is 0.875 bits per heavy atom. The predicted molar refractivity (Wildman–Crippen MR) is 123 cm³/mol. The number of sulfonamides is 2. The first-order chi connectivity index (χ1) is 15.3. The van der Waals surface area contributed by atoms with Gasteiger partial charge in [-0.05, 0) is 86.4 Å². The molecule has 7 nitrogen and oxygen atoms in total. The summed E-state index contributed by atoms with van der Waals surface area (Å²) in [5.74, 6) is 1.33. The molecule has 0 aromatic heterocycles. The van der Waals surface area contributed by atoms with Gasteiger partial charge in [0, 0.05) is 19.1 Å². The second-order valence-corrected chi connectivity index (χ2v) is 12.3. The number of hydrogen-bond donors (Lipinski definition) is 1. The molecule has 4 rings (SSSR count). The van der Waals surface area contributed by atoms with E-state index in [4.69, 9.17) is 4.74 Å². The van der Waals surface area contributed by atoms with Crippen LogP contribution in [0.5, 0.6) is 5.75 Å². The van der Waals surface area contributed by atoms with Gasteiger partial charge in [-0.3, -0.25) is 0 Å². The summed E-state index contributed by atoms with van der Waals surface area (Å²) in [6.45, 7) is 0.970. The topological polar surface area (TPSA) is 92.8 Å². The number of ether oxygens (including phenoxy) is 1. The van der Waals surface area contributed by atoms with Crippen LogP contribution in [0.15, 0.2) is 58.3 Å². The molecular formula is C23H30N2O5S2. The van der Waals surface area contributed by atoms with Gasteiger partial charge < -0.3 is 4.74 Å². The van der Waals surface area contributed by atoms with Crippen LogP contribution in [0.4, 0.5) is 0 Å². The van der Waals surface area contributed by atoms with Crippen molar-refractivity contribution in [1.29, 1.82) is 0 Å². The van der Waals surface area contributed by atoms with Crippen molar-refractivity contribution in [2.75, 3.05) is 20.2 Å². The summed E-state index contributed by atoms with van der Waals surface area (Å²) in [6.07, 6.45) is 5.34. The molecule has 0 bridgehead atoms. The van der Waals surface area contributed by atoms with Crippen molar-refractivity contribution in [2.24, 2.45) is 5.92 Å². The minimum atomic E-state index is -3.63. The lowest BCUT2D eigenvalue weighted by atomic mass is 9.91. The number of nitrogens with one attached hydrogen (secondary N) is 1. The number of aryl methyl sites for hydroxylation is 1. The standard InChI is InChI=1S/C23H30N2O5S2/c1-30-21-8-4-18(5-9-21)2-3-19-14-16-25(17-15-19)32(28,29)23-12-10-22(11-13-23)31(26,27)24-20-6-7-20/h4-5,8-13,19-20,24H,2-3,6-7,14-17H2,1H3. The Morgan fingerprint density at radius 3 is 2.03 bits per heavy atom. The first-order valence-corrected chi connectivity index (χ1v) is 14.0. The minimum absolute atomic E-state index is 0.00873. The van der Waals surface area contributed by atoms with Gasteiger partial charge in [0.2, 0.25) is 20.0 Å². The second-order valence-electron chi connectivity index (χ2n) is 8.60. The molecule has 32 heavy (non-hydrogen) atoms. The fourth-order valence-corrected chi connectivity index (χ4v) is 6.80. The SMILES string of the molecule is COc1ccc(CCC2CCN(S(=O)(=O)c3ccc(S(=O)(=O)NC4CC4)cc3)CC2)cc1. The van der Waals surface area contributed by atoms with Gasteiger partial charge in [0.05, 0.1) is 16.9 Å². The van der Waals surface area contributed by atoms with Crippen molar-refractivity contribution in [3.63, 3.8) is 0 Å². The highest BCUT2D eigenvalue weighted by Crippen LogP contribution is 2.28. The molecule has 1 N–H and O–H groups in total. The van der Waals surface area contributed by atoms with E-state index in [2.05, 4.69) is 16.9 Å². The first-order valence-electron chi connectivity index (χ1n) is 11.0. The summed E-state index contributed by atoms with van der Waals surface area (Å²) >= 11 is 0. The molecule has 0 spiro atoms. The maximum Gasteiger partial charge on any atom is 0.243 e. The summed E-state index contributed by atoms with van der Waals surface area (Å²) in [5, 5.41) is 0. The molecular weight excluding hydrogens is 448 g/mol. The van der Waals surface area contributed by atoms with Gasteiger partial charge in [-0.1, -0.05) is 12.1 Å². The van der Waals surface area contributed by atoms with E-state index < -0.39 is 20.0 Å². The Morgan fingerprint density at radius 2 is 1.47 bits per heavy atom. The van der Waals surface area contributed by atoms with Crippen LogP contribution >= 0.6 is 0 Å². The van der Waals surface area contributed by atoms with Crippen molar-refractivity contribution in [3.8, 4) is 5.75 Å². The zero-order valence-electron chi connectivity index (χ0n) is 18.2. The van der Waals surface area contributed by atoms with E-state index in [9.17, 15) is 16.8 Å². The van der Waals surface area contributed by atoms with Crippen molar-refractivity contribution in [1.82, 2.24) is 9.03 Å². The number of piperidine rings is 1. The van der Waals surface area contributed by atoms with Crippen LogP contribution < -0.4 is 9.46 Å². The summed E-state index contributed by atoms with van der Waals surface area (Å²) in [6, 6.07) is 13.6. The van der Waals surface area contributed by atoms with Crippen molar-refractivity contribution in [2.45, 2.75) is 54.4 Å². The van der Waals surface area contributed by atoms with Gasteiger partial charge in [0.25, 0.3) is 0 Å². The van der Waals surface area contributed by atoms with Crippen LogP contribution in [0.3, 0.4) is 0 Å². The van der Waals surface area contributed by atoms with Crippen LogP contribution in [-0.4, -0.2) is 47.4 Å². The zero-order chi connectivity index (χ0) is 22.8. The number of methoxy groups -OCH3 is 1. The average molecular weight is 479 g/mol. The molecule has 0 atom stereocenters. The molecule has 2 aromatic rings. The van der Waals surface area contributed by atoms with E-state index in [0.717, 1.165) is 44.3 Å². The van der Waals surface area contributed by atoms with Gasteiger partial charge in [0.1, 0.15) is 5.75 Å². The lowest BCUT2D eigenvalue weighted by Crippen LogP contribution is -2.38. The third kappa shape index (κ3) is 5.51. The van der Waals surface area contributed by atoms with E-state index in [-0.39, 0.29) is 15.8 Å². The normalized spacial score (nSPS) is 18.5. The van der Waals surface area contributed by atoms with Crippen LogP contribution in [0.1, 0.15) is 37.7 Å². The van der Waals surface area contributed by atoms with Crippen LogP contribution in [-0.2, 0) is 26.5 Å². The Balaban J connectivity index is 1.32. The van der Waals surface area contributed by atoms with Gasteiger partial charge >= 0.3 is 0 Å². The van der Waals surface area contributed by atoms with Crippen LogP contribution in [0.2, 0.25) is 0 Å². The van der Waals surface area contributed by atoms with Crippen LogP contribution in [0, 0.1) is 5.92 Å². The molecule has 9 heteroatoms. The number of benzene rings is 2. The summed E-state index contributed by atoms with van der Waals surface area (Å²) in [4.78, 5) is 0.236. The highest BCUT2D eigenvalue weighted by molar-refractivity contribution is 7.89. The van der Waals surface area contributed by atoms with Crippen LogP contribution in [0.25, 0.3) is 0 Å². The maximum atomic E-state index is 13.0. The van der Waals surface area contributed by atoms with E-state index in [1.165, 1.54) is 34.1 Å². The largest absolute Gasteiger partial charge is 0.497 e. The zero-order valence-corrected chi connectivity index (χ0v) is 19.9. The van der Waals surface area contributed by atoms with Gasteiger partial charge in [-0.15, -0.1) is 0 Å². The van der Waals surface area contributed by atoms with Gasteiger partial charge in [-0.25, -0.2) is 21.6 Å². The molecule has 2 fully saturated rings. The molecule has 0 amide bonds. The smallest absolute Gasteiger partial charge is 0.243 e. The average Bonchev–Trinajstić information content (AvgIpc) is 3.62. The van der Waals surface area contributed by atoms with E-state index in [0.29, 0.717) is 19.0 Å². The molecule has 2 aliphatic rings. The first kappa shape index (κ1) is 23.2. The van der Waals surface area contributed by atoms with E-state index in [1.807, 2.05) is 12.1 Å². The summed E-state index contributed by atoms with van der Waals surface area (Å²) in [5.41, 5.74) is 1.26. The lowest BCUT2D eigenvalue weighted by molar-refractivity contribution is 0.263. The highest BCUT2D eigenvalue weighted by Gasteiger charge is 2.31. The van der Waals surface area contributed by atoms with Crippen molar-refractivity contribution in [3.05, 3.63) is 54.1 Å². The quantitative estimate of drug-likeness (QED) is 0.598. The predicted octanol–water partition coefficient (Wildman–Crippen LogP) is 3.17. The van der Waals surface area contributed by atoms with Gasteiger partial charge in [0.15, 0.2) is 0 Å². The molecule has 174 valence electrons. The number of hydrogen-bond acceptors (Lipinski definition) is 5. The fourth-order valence-electron chi connectivity index (χ4n) is 4.03. The lowest BCUT2D eigenvalue weighted by Gasteiger charge is -2.31. The molecule has 1 saturated heterocycles. The molecule has 1 aliphatic carbocycles. The third-order valence-corrected chi connectivity index (χ3v) is 9.69. The Labute approximate surface area is 190 Å². The second kappa shape index (κ2) is 9.51. The maximum absolute atomic E-state index is 13.0. The molecule has 1 heterocycles. The van der Waals surface area contributed by atoms with E-state index >= 15 is 0 Å². The molecule has 1 aliphatic heterocycles. The Bertz CT molecular complexity index is 1120. The molecule has 0 radical (unpaired) electrons. The summed E-state index contributed by atoms with van der Waals surface area (Å²) < 4.78 is 60.0. The Kier molecular flexibility index (Phi) is 6.90. The third-order valence-electron chi connectivity index (χ3n) is 6.24. The minimum Gasteiger partial charge on any atom is -0.497 e. The monoisotopic (exact) mass is 478 g/mol. The number of nitrogens with zero attached hydrogens (tertiary/aromatic N) is 1. The van der Waals surface area contributed by atoms with E-state index in [1.54, 1.807) is 7.11 Å². The Hall–Kier alpha value is -1.94. The highest BCUT2D eigenvalue weighted by atomic mass is 32.2. The van der Waals surface area contributed by atoms with Crippen molar-refractivity contribution < 1.29 is 21.6 Å². The number of rotatable bonds is 9. The fraction of sp³-hybridized carbons (Fsp3) is 0.478. The van der Waals surface area contributed by atoms with Gasteiger partial charge in [-0.2, -0.15) is 4.31 Å². The molecule has 2 aromatic carbocycles. The molecule has 0 unspecified atom stereocenters. The molecule has 1 saturated carbocycles. The summed E-state index contributed by atoms with van der Waals surface area (Å²) in [7, 11) is -5.57.